The number of hydrogen-bond acceptors (Lipinski definition) is 3. The van der Waals surface area contributed by atoms with Gasteiger partial charge in [0.25, 0.3) is 0 Å². The number of carbonyl (C=O) groups excluding carboxylic acids is 2. The highest BCUT2D eigenvalue weighted by molar-refractivity contribution is 5.88. The molecule has 2 amide bonds. The van der Waals surface area contributed by atoms with Crippen LogP contribution in [0.1, 0.15) is 38.2 Å². The second kappa shape index (κ2) is 8.67. The Morgan fingerprint density at radius 2 is 1.88 bits per heavy atom. The van der Waals surface area contributed by atoms with E-state index in [0.29, 0.717) is 12.3 Å². The molecule has 2 fully saturated rings. The van der Waals surface area contributed by atoms with Gasteiger partial charge in [-0.25, -0.2) is 0 Å². The number of hydrogen-bond donors (Lipinski definition) is 0. The average molecular weight is 357 g/mol. The van der Waals surface area contributed by atoms with E-state index in [0.717, 1.165) is 52.0 Å². The van der Waals surface area contributed by atoms with E-state index in [-0.39, 0.29) is 17.9 Å². The van der Waals surface area contributed by atoms with Crippen molar-refractivity contribution < 1.29 is 9.59 Å². The molecule has 0 bridgehead atoms. The van der Waals surface area contributed by atoms with Gasteiger partial charge in [-0.05, 0) is 50.8 Å². The van der Waals surface area contributed by atoms with Gasteiger partial charge >= 0.3 is 0 Å². The van der Waals surface area contributed by atoms with Crippen molar-refractivity contribution in [2.45, 2.75) is 45.2 Å². The lowest BCUT2D eigenvalue weighted by molar-refractivity contribution is -0.142. The minimum atomic E-state index is -0.326. The number of amides is 2. The summed E-state index contributed by atoms with van der Waals surface area (Å²) >= 11 is 0. The maximum absolute atomic E-state index is 12.7. The molecule has 1 atom stereocenters. The quantitative estimate of drug-likeness (QED) is 0.785. The lowest BCUT2D eigenvalue weighted by atomic mass is 9.95. The highest BCUT2D eigenvalue weighted by atomic mass is 16.2. The molecular formula is C21H31N3O2. The van der Waals surface area contributed by atoms with Gasteiger partial charge in [0.2, 0.25) is 11.8 Å². The third kappa shape index (κ3) is 4.64. The van der Waals surface area contributed by atoms with Crippen LogP contribution >= 0.6 is 0 Å². The van der Waals surface area contributed by atoms with Crippen molar-refractivity contribution in [3.05, 3.63) is 35.9 Å². The molecule has 3 rings (SSSR count). The molecule has 5 nitrogen and oxygen atoms in total. The summed E-state index contributed by atoms with van der Waals surface area (Å²) in [5, 5.41) is 0. The Kier molecular flexibility index (Phi) is 6.30. The van der Waals surface area contributed by atoms with Crippen LogP contribution in [0.3, 0.4) is 0 Å². The van der Waals surface area contributed by atoms with E-state index in [9.17, 15) is 9.59 Å². The first-order chi connectivity index (χ1) is 12.5. The van der Waals surface area contributed by atoms with Gasteiger partial charge in [0.1, 0.15) is 6.04 Å². The van der Waals surface area contributed by atoms with Gasteiger partial charge in [-0.3, -0.25) is 14.5 Å². The highest BCUT2D eigenvalue weighted by Crippen LogP contribution is 2.21. The second-order valence-corrected chi connectivity index (χ2v) is 7.79. The molecular weight excluding hydrogens is 326 g/mol. The lowest BCUT2D eigenvalue weighted by Gasteiger charge is -2.35. The van der Waals surface area contributed by atoms with Crippen molar-refractivity contribution in [2.75, 3.05) is 33.2 Å². The molecule has 2 saturated heterocycles. The maximum atomic E-state index is 12.7. The van der Waals surface area contributed by atoms with Crippen LogP contribution in [0.2, 0.25) is 0 Å². The van der Waals surface area contributed by atoms with E-state index in [1.54, 1.807) is 4.90 Å². The van der Waals surface area contributed by atoms with Gasteiger partial charge < -0.3 is 9.80 Å². The summed E-state index contributed by atoms with van der Waals surface area (Å²) in [4.78, 5) is 30.6. The van der Waals surface area contributed by atoms with E-state index in [2.05, 4.69) is 35.2 Å². The standard InChI is InChI=1S/C21H31N3O2/c1-17(24-12-6-9-20(24)25)21(26)22(2)15-19-10-13-23(14-11-19)16-18-7-4-3-5-8-18/h3-5,7-8,17,19H,6,9-16H2,1-2H3/t17-/m0/s1. The number of piperidine rings is 1. The Balaban J connectivity index is 1.43. The van der Waals surface area contributed by atoms with Crippen molar-refractivity contribution in [3.8, 4) is 0 Å². The SMILES string of the molecule is C[C@@H](C(=O)N(C)CC1CCN(Cc2ccccc2)CC1)N1CCCC1=O. The smallest absolute Gasteiger partial charge is 0.244 e. The summed E-state index contributed by atoms with van der Waals surface area (Å²) in [6.45, 7) is 6.56. The molecule has 0 radical (unpaired) electrons. The molecule has 1 aromatic carbocycles. The Hall–Kier alpha value is -1.88. The third-order valence-corrected chi connectivity index (χ3v) is 5.80. The molecule has 0 N–H and O–H groups in total. The molecule has 5 heteroatoms. The number of carbonyl (C=O) groups is 2. The van der Waals surface area contributed by atoms with Crippen LogP contribution in [0.5, 0.6) is 0 Å². The van der Waals surface area contributed by atoms with Crippen LogP contribution in [0.25, 0.3) is 0 Å². The number of rotatable bonds is 6. The zero-order chi connectivity index (χ0) is 18.5. The fourth-order valence-electron chi connectivity index (χ4n) is 4.18. The van der Waals surface area contributed by atoms with E-state index < -0.39 is 0 Å². The number of benzene rings is 1. The van der Waals surface area contributed by atoms with Gasteiger partial charge in [-0.1, -0.05) is 30.3 Å². The molecule has 2 aliphatic heterocycles. The summed E-state index contributed by atoms with van der Waals surface area (Å²) in [5.41, 5.74) is 1.36. The van der Waals surface area contributed by atoms with Crippen LogP contribution in [-0.4, -0.2) is 65.8 Å². The van der Waals surface area contributed by atoms with Gasteiger partial charge in [-0.2, -0.15) is 0 Å². The predicted molar refractivity (Wildman–Crippen MR) is 102 cm³/mol. The van der Waals surface area contributed by atoms with Gasteiger partial charge in [0.05, 0.1) is 0 Å². The van der Waals surface area contributed by atoms with E-state index in [1.165, 1.54) is 5.56 Å². The molecule has 1 aromatic rings. The largest absolute Gasteiger partial charge is 0.344 e. The van der Waals surface area contributed by atoms with Crippen LogP contribution in [0.15, 0.2) is 30.3 Å². The van der Waals surface area contributed by atoms with Crippen LogP contribution in [0.4, 0.5) is 0 Å². The molecule has 0 spiro atoms. The van der Waals surface area contributed by atoms with E-state index >= 15 is 0 Å². The van der Waals surface area contributed by atoms with E-state index in [1.807, 2.05) is 18.9 Å². The van der Waals surface area contributed by atoms with Crippen molar-refractivity contribution in [2.24, 2.45) is 5.92 Å². The van der Waals surface area contributed by atoms with Crippen molar-refractivity contribution >= 4 is 11.8 Å². The molecule has 0 saturated carbocycles. The zero-order valence-corrected chi connectivity index (χ0v) is 16.1. The minimum absolute atomic E-state index is 0.0759. The second-order valence-electron chi connectivity index (χ2n) is 7.79. The first-order valence-electron chi connectivity index (χ1n) is 9.85. The van der Waals surface area contributed by atoms with E-state index in [4.69, 9.17) is 0 Å². The monoisotopic (exact) mass is 357 g/mol. The predicted octanol–water partition coefficient (Wildman–Crippen LogP) is 2.37. The fourth-order valence-corrected chi connectivity index (χ4v) is 4.18. The van der Waals surface area contributed by atoms with Gasteiger partial charge in [-0.15, -0.1) is 0 Å². The van der Waals surface area contributed by atoms with Crippen molar-refractivity contribution in [1.29, 1.82) is 0 Å². The van der Waals surface area contributed by atoms with Crippen LogP contribution in [-0.2, 0) is 16.1 Å². The molecule has 0 unspecified atom stereocenters. The van der Waals surface area contributed by atoms with Crippen molar-refractivity contribution in [1.82, 2.24) is 14.7 Å². The molecule has 2 aliphatic rings. The lowest BCUT2D eigenvalue weighted by Crippen LogP contribution is -2.48. The molecule has 142 valence electrons. The fraction of sp³-hybridized carbons (Fsp3) is 0.619. The zero-order valence-electron chi connectivity index (χ0n) is 16.1. The molecule has 0 aliphatic carbocycles. The molecule has 0 aromatic heterocycles. The van der Waals surface area contributed by atoms with Crippen molar-refractivity contribution in [3.63, 3.8) is 0 Å². The van der Waals surface area contributed by atoms with Crippen LogP contribution < -0.4 is 0 Å². The Morgan fingerprint density at radius 1 is 1.19 bits per heavy atom. The summed E-state index contributed by atoms with van der Waals surface area (Å²) in [6, 6.07) is 10.3. The Morgan fingerprint density at radius 3 is 2.50 bits per heavy atom. The number of likely N-dealkylation sites (N-methyl/N-ethyl adjacent to an activating group) is 1. The first kappa shape index (κ1) is 18.9. The Labute approximate surface area is 156 Å². The average Bonchev–Trinajstić information content (AvgIpc) is 3.09. The maximum Gasteiger partial charge on any atom is 0.244 e. The summed E-state index contributed by atoms with van der Waals surface area (Å²) in [5.74, 6) is 0.748. The normalized spacial score (nSPS) is 20.4. The first-order valence-corrected chi connectivity index (χ1v) is 9.85. The number of likely N-dealkylation sites (tertiary alicyclic amines) is 2. The molecule has 26 heavy (non-hydrogen) atoms. The highest BCUT2D eigenvalue weighted by Gasteiger charge is 2.32. The molecule has 2 heterocycles. The topological polar surface area (TPSA) is 43.9 Å². The van der Waals surface area contributed by atoms with Gasteiger partial charge in [0, 0.05) is 33.1 Å². The third-order valence-electron chi connectivity index (χ3n) is 5.80. The summed E-state index contributed by atoms with van der Waals surface area (Å²) in [7, 11) is 1.88. The summed E-state index contributed by atoms with van der Waals surface area (Å²) in [6.07, 6.45) is 3.71. The minimum Gasteiger partial charge on any atom is -0.344 e. The number of nitrogens with zero attached hydrogens (tertiary/aromatic N) is 3. The summed E-state index contributed by atoms with van der Waals surface area (Å²) < 4.78 is 0. The van der Waals surface area contributed by atoms with Crippen LogP contribution in [0, 0.1) is 5.92 Å². The Bertz CT molecular complexity index is 611. The van der Waals surface area contributed by atoms with Gasteiger partial charge in [0.15, 0.2) is 0 Å².